The van der Waals surface area contributed by atoms with E-state index in [-0.39, 0.29) is 5.92 Å². The third-order valence-corrected chi connectivity index (χ3v) is 2.74. The summed E-state index contributed by atoms with van der Waals surface area (Å²) in [6.45, 7) is 0.952. The van der Waals surface area contributed by atoms with Crippen LogP contribution in [0.4, 0.5) is 17.6 Å². The molecule has 3 nitrogen and oxygen atoms in total. The zero-order valence-corrected chi connectivity index (χ0v) is 9.21. The first-order valence-electron chi connectivity index (χ1n) is 5.25. The van der Waals surface area contributed by atoms with Gasteiger partial charge < -0.3 is 15.2 Å². The molecule has 1 atom stereocenters. The molecule has 0 amide bonds. The van der Waals surface area contributed by atoms with Gasteiger partial charge in [0.05, 0.1) is 13.2 Å². The van der Waals surface area contributed by atoms with Crippen LogP contribution < -0.4 is 10.5 Å². The number of hydrogen-bond acceptors (Lipinski definition) is 3. The standard InChI is InChI=1S/C11H11F4NO2/c12-8-3-6(10(16)7-4-17-5-7)1-2-9(8)18-11(13,14)15/h1-3,7,10H,4-5,16H2. The van der Waals surface area contributed by atoms with E-state index in [2.05, 4.69) is 4.74 Å². The number of nitrogens with two attached hydrogens (primary N) is 1. The van der Waals surface area contributed by atoms with Gasteiger partial charge in [-0.1, -0.05) is 6.07 Å². The second kappa shape index (κ2) is 4.74. The molecular formula is C11H11F4NO2. The van der Waals surface area contributed by atoms with E-state index < -0.39 is 24.0 Å². The summed E-state index contributed by atoms with van der Waals surface area (Å²) in [5, 5.41) is 0. The molecule has 0 radical (unpaired) electrons. The molecule has 2 rings (SSSR count). The third kappa shape index (κ3) is 2.91. The van der Waals surface area contributed by atoms with Gasteiger partial charge in [-0.2, -0.15) is 0 Å². The zero-order valence-electron chi connectivity index (χ0n) is 9.21. The van der Waals surface area contributed by atoms with Gasteiger partial charge in [0, 0.05) is 12.0 Å². The highest BCUT2D eigenvalue weighted by atomic mass is 19.4. The van der Waals surface area contributed by atoms with E-state index in [0.29, 0.717) is 18.8 Å². The molecule has 1 aromatic rings. The predicted octanol–water partition coefficient (Wildman–Crippen LogP) is 2.37. The quantitative estimate of drug-likeness (QED) is 0.853. The molecule has 1 heterocycles. The molecule has 1 fully saturated rings. The van der Waals surface area contributed by atoms with E-state index in [4.69, 9.17) is 10.5 Å². The van der Waals surface area contributed by atoms with Gasteiger partial charge in [0.2, 0.25) is 0 Å². The monoisotopic (exact) mass is 265 g/mol. The lowest BCUT2D eigenvalue weighted by Crippen LogP contribution is -2.37. The maximum atomic E-state index is 13.4. The summed E-state index contributed by atoms with van der Waals surface area (Å²) >= 11 is 0. The van der Waals surface area contributed by atoms with Crippen LogP contribution in [0.15, 0.2) is 18.2 Å². The van der Waals surface area contributed by atoms with Crippen molar-refractivity contribution in [1.29, 1.82) is 0 Å². The zero-order chi connectivity index (χ0) is 13.3. The number of halogens is 4. The molecular weight excluding hydrogens is 254 g/mol. The Kier molecular flexibility index (Phi) is 3.45. The van der Waals surface area contributed by atoms with Crippen LogP contribution >= 0.6 is 0 Å². The Labute approximate surface area is 100 Å². The number of alkyl halides is 3. The van der Waals surface area contributed by atoms with Crippen LogP contribution in [0.1, 0.15) is 11.6 Å². The maximum Gasteiger partial charge on any atom is 0.573 e. The Bertz CT molecular complexity index is 432. The molecule has 0 aromatic heterocycles. The molecule has 1 saturated heterocycles. The number of hydrogen-bond donors (Lipinski definition) is 1. The van der Waals surface area contributed by atoms with Crippen molar-refractivity contribution < 1.29 is 27.0 Å². The second-order valence-electron chi connectivity index (χ2n) is 4.06. The lowest BCUT2D eigenvalue weighted by molar-refractivity contribution is -0.275. The Morgan fingerprint density at radius 3 is 2.44 bits per heavy atom. The van der Waals surface area contributed by atoms with Crippen LogP contribution in [-0.4, -0.2) is 19.6 Å². The first kappa shape index (κ1) is 13.1. The Morgan fingerprint density at radius 2 is 2.00 bits per heavy atom. The van der Waals surface area contributed by atoms with Crippen LogP contribution in [0.2, 0.25) is 0 Å². The Hall–Kier alpha value is -1.34. The summed E-state index contributed by atoms with van der Waals surface area (Å²) < 4.78 is 57.7. The number of ether oxygens (including phenoxy) is 2. The summed E-state index contributed by atoms with van der Waals surface area (Å²) in [5.74, 6) is -1.87. The fraction of sp³-hybridized carbons (Fsp3) is 0.455. The van der Waals surface area contributed by atoms with Gasteiger partial charge in [0.1, 0.15) is 0 Å². The fourth-order valence-electron chi connectivity index (χ4n) is 1.67. The molecule has 0 bridgehead atoms. The summed E-state index contributed by atoms with van der Waals surface area (Å²) in [7, 11) is 0. The minimum Gasteiger partial charge on any atom is -0.403 e. The molecule has 0 aliphatic carbocycles. The van der Waals surface area contributed by atoms with Crippen LogP contribution in [-0.2, 0) is 4.74 Å². The van der Waals surface area contributed by atoms with Crippen molar-refractivity contribution in [3.8, 4) is 5.75 Å². The van der Waals surface area contributed by atoms with Crippen molar-refractivity contribution in [1.82, 2.24) is 0 Å². The minimum absolute atomic E-state index is 0.0683. The molecule has 7 heteroatoms. The first-order chi connectivity index (χ1) is 8.37. The molecule has 0 spiro atoms. The smallest absolute Gasteiger partial charge is 0.403 e. The van der Waals surface area contributed by atoms with Crippen molar-refractivity contribution in [3.63, 3.8) is 0 Å². The third-order valence-electron chi connectivity index (χ3n) is 2.74. The Morgan fingerprint density at radius 1 is 1.33 bits per heavy atom. The van der Waals surface area contributed by atoms with Gasteiger partial charge in [0.25, 0.3) is 0 Å². The summed E-state index contributed by atoms with van der Waals surface area (Å²) in [4.78, 5) is 0. The SMILES string of the molecule is NC(c1ccc(OC(F)(F)F)c(F)c1)C1COC1. The van der Waals surface area contributed by atoms with Gasteiger partial charge in [0.15, 0.2) is 11.6 Å². The highest BCUT2D eigenvalue weighted by Gasteiger charge is 2.33. The lowest BCUT2D eigenvalue weighted by Gasteiger charge is -2.31. The number of benzene rings is 1. The van der Waals surface area contributed by atoms with Gasteiger partial charge in [-0.3, -0.25) is 0 Å². The molecule has 1 unspecified atom stereocenters. The second-order valence-corrected chi connectivity index (χ2v) is 4.06. The Balaban J connectivity index is 2.13. The maximum absolute atomic E-state index is 13.4. The van der Waals surface area contributed by atoms with Crippen molar-refractivity contribution in [2.45, 2.75) is 12.4 Å². The summed E-state index contributed by atoms with van der Waals surface area (Å²) in [5.41, 5.74) is 6.26. The minimum atomic E-state index is -4.91. The molecule has 0 saturated carbocycles. The van der Waals surface area contributed by atoms with Crippen molar-refractivity contribution in [2.75, 3.05) is 13.2 Å². The first-order valence-corrected chi connectivity index (χ1v) is 5.25. The summed E-state index contributed by atoms with van der Waals surface area (Å²) in [6.07, 6.45) is -4.91. The van der Waals surface area contributed by atoms with Crippen molar-refractivity contribution in [2.24, 2.45) is 11.7 Å². The van der Waals surface area contributed by atoms with Crippen molar-refractivity contribution >= 4 is 0 Å². The van der Waals surface area contributed by atoms with E-state index in [0.717, 1.165) is 12.1 Å². The molecule has 100 valence electrons. The van der Waals surface area contributed by atoms with Gasteiger partial charge >= 0.3 is 6.36 Å². The molecule has 18 heavy (non-hydrogen) atoms. The molecule has 2 N–H and O–H groups in total. The fourth-order valence-corrected chi connectivity index (χ4v) is 1.67. The normalized spacial score (nSPS) is 18.3. The molecule has 1 aliphatic heterocycles. The average Bonchev–Trinajstić information content (AvgIpc) is 2.16. The average molecular weight is 265 g/mol. The van der Waals surface area contributed by atoms with Crippen LogP contribution in [0.5, 0.6) is 5.75 Å². The highest BCUT2D eigenvalue weighted by Crippen LogP contribution is 2.30. The largest absolute Gasteiger partial charge is 0.573 e. The van der Waals surface area contributed by atoms with E-state index >= 15 is 0 Å². The summed E-state index contributed by atoms with van der Waals surface area (Å²) in [6, 6.07) is 2.77. The van der Waals surface area contributed by atoms with E-state index in [9.17, 15) is 17.6 Å². The predicted molar refractivity (Wildman–Crippen MR) is 54.3 cm³/mol. The van der Waals surface area contributed by atoms with Gasteiger partial charge in [-0.25, -0.2) is 4.39 Å². The van der Waals surface area contributed by atoms with Gasteiger partial charge in [-0.05, 0) is 17.7 Å². The molecule has 1 aliphatic rings. The van der Waals surface area contributed by atoms with E-state index in [1.807, 2.05) is 0 Å². The van der Waals surface area contributed by atoms with E-state index in [1.165, 1.54) is 6.07 Å². The topological polar surface area (TPSA) is 44.5 Å². The van der Waals surface area contributed by atoms with Crippen LogP contribution in [0.25, 0.3) is 0 Å². The van der Waals surface area contributed by atoms with Gasteiger partial charge in [-0.15, -0.1) is 13.2 Å². The number of rotatable bonds is 3. The van der Waals surface area contributed by atoms with Crippen molar-refractivity contribution in [3.05, 3.63) is 29.6 Å². The van der Waals surface area contributed by atoms with Crippen LogP contribution in [0.3, 0.4) is 0 Å². The van der Waals surface area contributed by atoms with Crippen LogP contribution in [0, 0.1) is 11.7 Å². The highest BCUT2D eigenvalue weighted by molar-refractivity contribution is 5.31. The molecule has 1 aromatic carbocycles. The van der Waals surface area contributed by atoms with E-state index in [1.54, 1.807) is 0 Å². The lowest BCUT2D eigenvalue weighted by atomic mass is 9.92.